The lowest BCUT2D eigenvalue weighted by Crippen LogP contribution is -2.49. The molecule has 0 spiro atoms. The summed E-state index contributed by atoms with van der Waals surface area (Å²) >= 11 is 0. The van der Waals surface area contributed by atoms with Crippen molar-refractivity contribution in [2.24, 2.45) is 12.0 Å². The molecule has 2 unspecified atom stereocenters. The van der Waals surface area contributed by atoms with Gasteiger partial charge in [0.2, 0.25) is 0 Å². The number of halogens is 1. The molecular formula is C21H33IN6O2. The SMILES string of the molecule is CN=C(NCC(c1ccccc1OC)N(C)C)N1CCOC(c2cnn(C)c2)C1.I. The van der Waals surface area contributed by atoms with E-state index in [0.29, 0.717) is 6.61 Å². The van der Waals surface area contributed by atoms with Crippen LogP contribution in [0.25, 0.3) is 0 Å². The first-order valence-corrected chi connectivity index (χ1v) is 9.88. The van der Waals surface area contributed by atoms with Crippen LogP contribution in [0.5, 0.6) is 5.75 Å². The van der Waals surface area contributed by atoms with Gasteiger partial charge in [-0.1, -0.05) is 18.2 Å². The third-order valence-electron chi connectivity index (χ3n) is 5.25. The maximum absolute atomic E-state index is 5.96. The Morgan fingerprint density at radius 3 is 2.80 bits per heavy atom. The minimum absolute atomic E-state index is 0. The molecule has 0 radical (unpaired) electrons. The molecule has 1 fully saturated rings. The topological polar surface area (TPSA) is 67.2 Å². The lowest BCUT2D eigenvalue weighted by molar-refractivity contribution is -0.00811. The molecule has 1 aliphatic heterocycles. The van der Waals surface area contributed by atoms with Crippen molar-refractivity contribution in [1.29, 1.82) is 0 Å². The van der Waals surface area contributed by atoms with Gasteiger partial charge in [0.05, 0.1) is 32.5 Å². The fraction of sp³-hybridized carbons (Fsp3) is 0.524. The van der Waals surface area contributed by atoms with Crippen LogP contribution in [0.4, 0.5) is 0 Å². The minimum Gasteiger partial charge on any atom is -0.496 e. The zero-order valence-electron chi connectivity index (χ0n) is 18.4. The van der Waals surface area contributed by atoms with Crippen molar-refractivity contribution in [2.75, 3.05) is 54.5 Å². The van der Waals surface area contributed by atoms with Gasteiger partial charge < -0.3 is 24.6 Å². The van der Waals surface area contributed by atoms with Crippen molar-refractivity contribution < 1.29 is 9.47 Å². The fourth-order valence-corrected chi connectivity index (χ4v) is 3.68. The Morgan fingerprint density at radius 1 is 1.40 bits per heavy atom. The lowest BCUT2D eigenvalue weighted by Gasteiger charge is -2.36. The molecule has 1 N–H and O–H groups in total. The highest BCUT2D eigenvalue weighted by Gasteiger charge is 2.26. The van der Waals surface area contributed by atoms with Gasteiger partial charge in [-0.25, -0.2) is 0 Å². The molecule has 3 rings (SSSR count). The smallest absolute Gasteiger partial charge is 0.193 e. The standard InChI is InChI=1S/C21H32N6O2.HI/c1-22-21(27-10-11-29-20(15-27)16-12-24-26(4)14-16)23-13-18(25(2)3)17-8-6-7-9-19(17)28-5;/h6-9,12,14,18,20H,10-11,13,15H2,1-5H3,(H,22,23);1H. The van der Waals surface area contributed by atoms with Crippen molar-refractivity contribution in [3.05, 3.63) is 47.8 Å². The van der Waals surface area contributed by atoms with Gasteiger partial charge in [-0.3, -0.25) is 9.67 Å². The molecule has 1 aromatic carbocycles. The monoisotopic (exact) mass is 528 g/mol. The second-order valence-electron chi connectivity index (χ2n) is 7.40. The van der Waals surface area contributed by atoms with Crippen LogP contribution in [-0.2, 0) is 11.8 Å². The highest BCUT2D eigenvalue weighted by Crippen LogP contribution is 2.27. The number of para-hydroxylation sites is 1. The average molecular weight is 528 g/mol. The van der Waals surface area contributed by atoms with Crippen LogP contribution in [-0.4, -0.2) is 80.0 Å². The molecule has 2 aromatic rings. The highest BCUT2D eigenvalue weighted by atomic mass is 127. The Morgan fingerprint density at radius 2 is 2.17 bits per heavy atom. The average Bonchev–Trinajstić information content (AvgIpc) is 3.17. The molecule has 166 valence electrons. The zero-order chi connectivity index (χ0) is 20.8. The number of nitrogens with zero attached hydrogens (tertiary/aromatic N) is 5. The van der Waals surface area contributed by atoms with E-state index in [1.54, 1.807) is 11.8 Å². The van der Waals surface area contributed by atoms with Gasteiger partial charge in [-0.2, -0.15) is 5.10 Å². The summed E-state index contributed by atoms with van der Waals surface area (Å²) < 4.78 is 13.3. The van der Waals surface area contributed by atoms with Crippen molar-refractivity contribution in [2.45, 2.75) is 12.1 Å². The molecule has 1 aliphatic rings. The summed E-state index contributed by atoms with van der Waals surface area (Å²) in [6.45, 7) is 2.92. The summed E-state index contributed by atoms with van der Waals surface area (Å²) in [6, 6.07) is 8.30. The number of rotatable bonds is 6. The Bertz CT molecular complexity index is 825. The number of likely N-dealkylation sites (N-methyl/N-ethyl adjacent to an activating group) is 1. The zero-order valence-corrected chi connectivity index (χ0v) is 20.7. The number of benzene rings is 1. The van der Waals surface area contributed by atoms with E-state index in [1.165, 1.54) is 0 Å². The first-order valence-electron chi connectivity index (χ1n) is 9.88. The fourth-order valence-electron chi connectivity index (χ4n) is 3.68. The van der Waals surface area contributed by atoms with Gasteiger partial charge in [0.1, 0.15) is 11.9 Å². The third-order valence-corrected chi connectivity index (χ3v) is 5.25. The maximum Gasteiger partial charge on any atom is 0.193 e. The molecule has 8 nitrogen and oxygen atoms in total. The Labute approximate surface area is 196 Å². The second-order valence-corrected chi connectivity index (χ2v) is 7.40. The third kappa shape index (κ3) is 5.86. The van der Waals surface area contributed by atoms with E-state index in [2.05, 4.69) is 45.4 Å². The van der Waals surface area contributed by atoms with Crippen molar-refractivity contribution in [3.8, 4) is 5.75 Å². The minimum atomic E-state index is -0.00476. The normalized spacial score (nSPS) is 18.1. The van der Waals surface area contributed by atoms with E-state index in [-0.39, 0.29) is 36.1 Å². The first-order chi connectivity index (χ1) is 14.0. The summed E-state index contributed by atoms with van der Waals surface area (Å²) in [7, 11) is 9.61. The van der Waals surface area contributed by atoms with Crippen LogP contribution in [0.3, 0.4) is 0 Å². The van der Waals surface area contributed by atoms with Crippen LogP contribution in [0, 0.1) is 0 Å². The predicted molar refractivity (Wildman–Crippen MR) is 130 cm³/mol. The van der Waals surface area contributed by atoms with Gasteiger partial charge in [0, 0.05) is 44.5 Å². The molecule has 0 aliphatic carbocycles. The molecule has 0 bridgehead atoms. The molecule has 1 saturated heterocycles. The summed E-state index contributed by atoms with van der Waals surface area (Å²) in [4.78, 5) is 8.95. The van der Waals surface area contributed by atoms with E-state index < -0.39 is 0 Å². The van der Waals surface area contributed by atoms with Crippen molar-refractivity contribution in [1.82, 2.24) is 24.9 Å². The number of hydrogen-bond donors (Lipinski definition) is 1. The molecular weight excluding hydrogens is 495 g/mol. The van der Waals surface area contributed by atoms with E-state index in [0.717, 1.165) is 42.5 Å². The number of aryl methyl sites for hydroxylation is 1. The van der Waals surface area contributed by atoms with Crippen LogP contribution < -0.4 is 10.1 Å². The Balaban J connectivity index is 0.00000320. The quantitative estimate of drug-likeness (QED) is 0.353. The molecule has 30 heavy (non-hydrogen) atoms. The van der Waals surface area contributed by atoms with Crippen LogP contribution in [0.15, 0.2) is 41.7 Å². The van der Waals surface area contributed by atoms with Gasteiger partial charge >= 0.3 is 0 Å². The largest absolute Gasteiger partial charge is 0.496 e. The van der Waals surface area contributed by atoms with E-state index in [9.17, 15) is 0 Å². The number of morpholine rings is 1. The summed E-state index contributed by atoms with van der Waals surface area (Å²) in [6.07, 6.45) is 3.87. The Hall–Kier alpha value is -1.85. The molecule has 0 saturated carbocycles. The number of aromatic nitrogens is 2. The summed E-state index contributed by atoms with van der Waals surface area (Å²) in [5.41, 5.74) is 2.24. The van der Waals surface area contributed by atoms with Crippen LogP contribution in [0.1, 0.15) is 23.3 Å². The van der Waals surface area contributed by atoms with Crippen LogP contribution >= 0.6 is 24.0 Å². The van der Waals surface area contributed by atoms with E-state index >= 15 is 0 Å². The second kappa shape index (κ2) is 11.5. The van der Waals surface area contributed by atoms with Gasteiger partial charge in [-0.15, -0.1) is 24.0 Å². The Kier molecular flexibility index (Phi) is 9.37. The van der Waals surface area contributed by atoms with Crippen LogP contribution in [0.2, 0.25) is 0 Å². The van der Waals surface area contributed by atoms with Gasteiger partial charge in [-0.05, 0) is 20.2 Å². The number of ether oxygens (including phenoxy) is 2. The summed E-state index contributed by atoms with van der Waals surface area (Å²) in [5, 5.41) is 7.82. The van der Waals surface area contributed by atoms with Gasteiger partial charge in [0.25, 0.3) is 0 Å². The molecule has 1 aromatic heterocycles. The van der Waals surface area contributed by atoms with E-state index in [4.69, 9.17) is 9.47 Å². The lowest BCUT2D eigenvalue weighted by atomic mass is 10.0. The maximum atomic E-state index is 5.96. The highest BCUT2D eigenvalue weighted by molar-refractivity contribution is 14.0. The number of guanidine groups is 1. The predicted octanol–water partition coefficient (Wildman–Crippen LogP) is 2.30. The van der Waals surface area contributed by atoms with Gasteiger partial charge in [0.15, 0.2) is 5.96 Å². The molecule has 0 amide bonds. The number of methoxy groups -OCH3 is 1. The summed E-state index contributed by atoms with van der Waals surface area (Å²) in [5.74, 6) is 1.77. The number of hydrogen-bond acceptors (Lipinski definition) is 5. The molecule has 2 atom stereocenters. The van der Waals surface area contributed by atoms with Crippen molar-refractivity contribution >= 4 is 29.9 Å². The van der Waals surface area contributed by atoms with Crippen molar-refractivity contribution in [3.63, 3.8) is 0 Å². The van der Waals surface area contributed by atoms with E-state index in [1.807, 2.05) is 44.7 Å². The number of aliphatic imine (C=N–C) groups is 1. The molecule has 9 heteroatoms. The number of nitrogens with one attached hydrogen (secondary N) is 1. The molecule has 2 heterocycles. The first kappa shape index (κ1) is 24.4.